The van der Waals surface area contributed by atoms with Crippen LogP contribution in [0.25, 0.3) is 0 Å². The second kappa shape index (κ2) is 6.68. The van der Waals surface area contributed by atoms with Crippen molar-refractivity contribution in [1.82, 2.24) is 10.3 Å². The van der Waals surface area contributed by atoms with Crippen LogP contribution in [0.2, 0.25) is 0 Å². The molecule has 4 heteroatoms. The Morgan fingerprint density at radius 2 is 2.00 bits per heavy atom. The first-order chi connectivity index (χ1) is 9.22. The molecule has 0 radical (unpaired) electrons. The zero-order valence-electron chi connectivity index (χ0n) is 11.5. The van der Waals surface area contributed by atoms with E-state index in [-0.39, 0.29) is 11.9 Å². The summed E-state index contributed by atoms with van der Waals surface area (Å²) in [5, 5.41) is 0. The minimum atomic E-state index is -0.299. The molecule has 1 amide bonds. The SMILES string of the molecule is CN(CC1CCCC1)C(C(=O)NN)c1ccccc1. The molecule has 0 saturated heterocycles. The summed E-state index contributed by atoms with van der Waals surface area (Å²) in [7, 11) is 2.01. The van der Waals surface area contributed by atoms with E-state index in [4.69, 9.17) is 5.84 Å². The molecule has 4 nitrogen and oxygen atoms in total. The van der Waals surface area contributed by atoms with E-state index in [0.717, 1.165) is 12.1 Å². The molecule has 1 aromatic rings. The summed E-state index contributed by atoms with van der Waals surface area (Å²) in [6, 6.07) is 9.52. The largest absolute Gasteiger partial charge is 0.293 e. The summed E-state index contributed by atoms with van der Waals surface area (Å²) in [6.45, 7) is 0.951. The van der Waals surface area contributed by atoms with Gasteiger partial charge in [-0.15, -0.1) is 0 Å². The first-order valence-corrected chi connectivity index (χ1v) is 6.98. The summed E-state index contributed by atoms with van der Waals surface area (Å²) in [6.07, 6.45) is 5.18. The number of rotatable bonds is 5. The Balaban J connectivity index is 2.10. The van der Waals surface area contributed by atoms with Crippen LogP contribution in [-0.4, -0.2) is 24.4 Å². The summed E-state index contributed by atoms with van der Waals surface area (Å²) in [4.78, 5) is 14.2. The fourth-order valence-electron chi connectivity index (χ4n) is 3.03. The molecule has 3 N–H and O–H groups in total. The third kappa shape index (κ3) is 3.55. The minimum Gasteiger partial charge on any atom is -0.293 e. The fraction of sp³-hybridized carbons (Fsp3) is 0.533. The average Bonchev–Trinajstić information content (AvgIpc) is 2.93. The van der Waals surface area contributed by atoms with Crippen molar-refractivity contribution in [3.63, 3.8) is 0 Å². The molecule has 1 aliphatic carbocycles. The van der Waals surface area contributed by atoms with Crippen LogP contribution < -0.4 is 11.3 Å². The highest BCUT2D eigenvalue weighted by molar-refractivity contribution is 5.82. The Morgan fingerprint density at radius 1 is 1.37 bits per heavy atom. The molecule has 104 valence electrons. The molecule has 1 atom stereocenters. The van der Waals surface area contributed by atoms with Gasteiger partial charge in [0.05, 0.1) is 0 Å². The first-order valence-electron chi connectivity index (χ1n) is 6.98. The predicted octanol–water partition coefficient (Wildman–Crippen LogP) is 1.84. The van der Waals surface area contributed by atoms with Gasteiger partial charge in [0.1, 0.15) is 6.04 Å². The lowest BCUT2D eigenvalue weighted by Gasteiger charge is -2.29. The summed E-state index contributed by atoms with van der Waals surface area (Å²) >= 11 is 0. The third-order valence-corrected chi connectivity index (χ3v) is 3.97. The Morgan fingerprint density at radius 3 is 2.58 bits per heavy atom. The van der Waals surface area contributed by atoms with Crippen molar-refractivity contribution in [3.8, 4) is 0 Å². The maximum absolute atomic E-state index is 12.0. The predicted molar refractivity (Wildman–Crippen MR) is 76.1 cm³/mol. The van der Waals surface area contributed by atoms with Crippen molar-refractivity contribution in [1.29, 1.82) is 0 Å². The summed E-state index contributed by atoms with van der Waals surface area (Å²) in [5.41, 5.74) is 3.28. The van der Waals surface area contributed by atoms with E-state index in [0.29, 0.717) is 5.92 Å². The Hall–Kier alpha value is -1.39. The van der Waals surface area contributed by atoms with E-state index in [1.165, 1.54) is 25.7 Å². The van der Waals surface area contributed by atoms with Crippen LogP contribution in [0.15, 0.2) is 30.3 Å². The molecule has 19 heavy (non-hydrogen) atoms. The van der Waals surface area contributed by atoms with Crippen LogP contribution in [0, 0.1) is 5.92 Å². The maximum atomic E-state index is 12.0. The number of nitrogens with zero attached hydrogens (tertiary/aromatic N) is 1. The van der Waals surface area contributed by atoms with Crippen LogP contribution in [0.4, 0.5) is 0 Å². The van der Waals surface area contributed by atoms with Crippen molar-refractivity contribution in [2.45, 2.75) is 31.7 Å². The number of hydrazine groups is 1. The van der Waals surface area contributed by atoms with Gasteiger partial charge in [-0.05, 0) is 31.4 Å². The van der Waals surface area contributed by atoms with Gasteiger partial charge in [-0.1, -0.05) is 43.2 Å². The fourth-order valence-corrected chi connectivity index (χ4v) is 3.03. The molecular weight excluding hydrogens is 238 g/mol. The number of hydrogen-bond donors (Lipinski definition) is 2. The van der Waals surface area contributed by atoms with Crippen LogP contribution in [-0.2, 0) is 4.79 Å². The quantitative estimate of drug-likeness (QED) is 0.483. The van der Waals surface area contributed by atoms with E-state index in [1.54, 1.807) is 0 Å². The second-order valence-corrected chi connectivity index (χ2v) is 5.41. The lowest BCUT2D eigenvalue weighted by atomic mass is 10.0. The normalized spacial score (nSPS) is 17.6. The number of benzene rings is 1. The highest BCUT2D eigenvalue weighted by Gasteiger charge is 2.27. The molecular formula is C15H23N3O. The molecule has 1 aromatic carbocycles. The number of carbonyl (C=O) groups is 1. The monoisotopic (exact) mass is 261 g/mol. The molecule has 1 fully saturated rings. The minimum absolute atomic E-state index is 0.147. The number of nitrogens with two attached hydrogens (primary N) is 1. The lowest BCUT2D eigenvalue weighted by molar-refractivity contribution is -0.126. The van der Waals surface area contributed by atoms with Crippen LogP contribution in [0.5, 0.6) is 0 Å². The van der Waals surface area contributed by atoms with Crippen LogP contribution in [0.3, 0.4) is 0 Å². The topological polar surface area (TPSA) is 58.4 Å². The molecule has 2 rings (SSSR count). The van der Waals surface area contributed by atoms with Gasteiger partial charge in [0.15, 0.2) is 0 Å². The zero-order chi connectivity index (χ0) is 13.7. The van der Waals surface area contributed by atoms with Crippen molar-refractivity contribution in [2.24, 2.45) is 11.8 Å². The molecule has 0 bridgehead atoms. The van der Waals surface area contributed by atoms with Gasteiger partial charge in [-0.25, -0.2) is 5.84 Å². The van der Waals surface area contributed by atoms with Crippen LogP contribution in [0.1, 0.15) is 37.3 Å². The van der Waals surface area contributed by atoms with E-state index in [9.17, 15) is 4.79 Å². The van der Waals surface area contributed by atoms with Gasteiger partial charge in [-0.2, -0.15) is 0 Å². The van der Waals surface area contributed by atoms with Gasteiger partial charge in [0.25, 0.3) is 5.91 Å². The van der Waals surface area contributed by atoms with Crippen molar-refractivity contribution < 1.29 is 4.79 Å². The zero-order valence-corrected chi connectivity index (χ0v) is 11.5. The number of hydrogen-bond acceptors (Lipinski definition) is 3. The Kier molecular flexibility index (Phi) is 4.93. The molecule has 0 heterocycles. The van der Waals surface area contributed by atoms with Gasteiger partial charge in [0.2, 0.25) is 0 Å². The lowest BCUT2D eigenvalue weighted by Crippen LogP contribution is -2.43. The van der Waals surface area contributed by atoms with Gasteiger partial charge in [-0.3, -0.25) is 15.1 Å². The maximum Gasteiger partial charge on any atom is 0.255 e. The van der Waals surface area contributed by atoms with E-state index in [1.807, 2.05) is 37.4 Å². The molecule has 0 spiro atoms. The second-order valence-electron chi connectivity index (χ2n) is 5.41. The summed E-state index contributed by atoms with van der Waals surface area (Å²) < 4.78 is 0. The van der Waals surface area contributed by atoms with Gasteiger partial charge >= 0.3 is 0 Å². The van der Waals surface area contributed by atoms with E-state index in [2.05, 4.69) is 10.3 Å². The average molecular weight is 261 g/mol. The van der Waals surface area contributed by atoms with Gasteiger partial charge in [0, 0.05) is 6.54 Å². The van der Waals surface area contributed by atoms with E-state index < -0.39 is 0 Å². The number of likely N-dealkylation sites (N-methyl/N-ethyl adjacent to an activating group) is 1. The number of amides is 1. The van der Waals surface area contributed by atoms with Crippen molar-refractivity contribution in [2.75, 3.05) is 13.6 Å². The summed E-state index contributed by atoms with van der Waals surface area (Å²) in [5.74, 6) is 5.89. The Labute approximate surface area is 114 Å². The first kappa shape index (κ1) is 14.0. The molecule has 0 aromatic heterocycles. The van der Waals surface area contributed by atoms with Crippen molar-refractivity contribution >= 4 is 5.91 Å². The van der Waals surface area contributed by atoms with Crippen molar-refractivity contribution in [3.05, 3.63) is 35.9 Å². The van der Waals surface area contributed by atoms with Crippen LogP contribution >= 0.6 is 0 Å². The molecule has 0 aliphatic heterocycles. The van der Waals surface area contributed by atoms with Gasteiger partial charge < -0.3 is 0 Å². The smallest absolute Gasteiger partial charge is 0.255 e. The molecule has 1 unspecified atom stereocenters. The Bertz CT molecular complexity index is 401. The number of nitrogens with one attached hydrogen (secondary N) is 1. The standard InChI is InChI=1S/C15H23N3O/c1-18(11-12-7-5-6-8-12)14(15(19)17-16)13-9-3-2-4-10-13/h2-4,9-10,12,14H,5-8,11,16H2,1H3,(H,17,19). The third-order valence-electron chi connectivity index (χ3n) is 3.97. The highest BCUT2D eigenvalue weighted by Crippen LogP contribution is 2.28. The number of carbonyl (C=O) groups excluding carboxylic acids is 1. The highest BCUT2D eigenvalue weighted by atomic mass is 16.2. The van der Waals surface area contributed by atoms with E-state index >= 15 is 0 Å². The molecule has 1 aliphatic rings. The molecule has 1 saturated carbocycles.